The van der Waals surface area contributed by atoms with Gasteiger partial charge in [0.25, 0.3) is 0 Å². The van der Waals surface area contributed by atoms with Gasteiger partial charge in [-0.05, 0) is 18.6 Å². The number of rotatable bonds is 6. The molecule has 0 unspecified atom stereocenters. The second-order valence-electron chi connectivity index (χ2n) is 6.42. The number of para-hydroxylation sites is 1. The van der Waals surface area contributed by atoms with E-state index in [4.69, 9.17) is 9.47 Å². The summed E-state index contributed by atoms with van der Waals surface area (Å²) in [4.78, 5) is 33.0. The number of amides is 2. The summed E-state index contributed by atoms with van der Waals surface area (Å²) in [5, 5.41) is 4.47. The first-order valence-electron chi connectivity index (χ1n) is 9.12. The predicted molar refractivity (Wildman–Crippen MR) is 102 cm³/mol. The summed E-state index contributed by atoms with van der Waals surface area (Å²) in [6, 6.07) is 9.17. The van der Waals surface area contributed by atoms with E-state index in [9.17, 15) is 9.59 Å². The minimum absolute atomic E-state index is 0.137. The van der Waals surface area contributed by atoms with E-state index in [0.29, 0.717) is 31.3 Å². The highest BCUT2D eigenvalue weighted by Gasteiger charge is 2.40. The molecule has 1 aromatic heterocycles. The molecule has 0 radical (unpaired) electrons. The molecule has 9 nitrogen and oxygen atoms in total. The van der Waals surface area contributed by atoms with Crippen molar-refractivity contribution in [1.82, 2.24) is 14.7 Å². The third-order valence-corrected chi connectivity index (χ3v) is 4.60. The quantitative estimate of drug-likeness (QED) is 0.556. The molecule has 2 aliphatic rings. The standard InChI is InChI=1S/C19H21N5O4/c1-27-10-11-28-16(25)13-23-18-15(17-20-8-5-9-22(17)19(23)26)12-21-24(18)14-6-3-2-4-7-14/h2-4,6-7,12H,5,8-11,13H2,1H3. The lowest BCUT2D eigenvalue weighted by Gasteiger charge is -2.37. The summed E-state index contributed by atoms with van der Waals surface area (Å²) in [7, 11) is 1.53. The molecule has 0 bridgehead atoms. The molecular formula is C19H21N5O4. The highest BCUT2D eigenvalue weighted by Crippen LogP contribution is 2.32. The zero-order chi connectivity index (χ0) is 19.5. The van der Waals surface area contributed by atoms with Gasteiger partial charge in [0.2, 0.25) is 0 Å². The summed E-state index contributed by atoms with van der Waals surface area (Å²) in [6.07, 6.45) is 2.47. The number of aromatic nitrogens is 2. The highest BCUT2D eigenvalue weighted by atomic mass is 16.6. The molecule has 4 rings (SSSR count). The van der Waals surface area contributed by atoms with Crippen molar-refractivity contribution in [2.45, 2.75) is 6.42 Å². The van der Waals surface area contributed by atoms with Gasteiger partial charge in [-0.15, -0.1) is 0 Å². The maximum Gasteiger partial charge on any atom is 0.331 e. The summed E-state index contributed by atoms with van der Waals surface area (Å²) in [6.45, 7) is 1.45. The Morgan fingerprint density at radius 3 is 2.82 bits per heavy atom. The van der Waals surface area contributed by atoms with Gasteiger partial charge >= 0.3 is 12.0 Å². The average Bonchev–Trinajstić information content (AvgIpc) is 3.17. The fourth-order valence-electron chi connectivity index (χ4n) is 3.33. The normalized spacial score (nSPS) is 15.8. The number of amidine groups is 1. The van der Waals surface area contributed by atoms with Gasteiger partial charge in [0.05, 0.1) is 24.1 Å². The molecule has 0 saturated carbocycles. The van der Waals surface area contributed by atoms with Gasteiger partial charge in [0.1, 0.15) is 19.0 Å². The number of carbonyl (C=O) groups is 2. The van der Waals surface area contributed by atoms with Crippen molar-refractivity contribution < 1.29 is 19.1 Å². The summed E-state index contributed by atoms with van der Waals surface area (Å²) < 4.78 is 11.7. The maximum atomic E-state index is 13.2. The van der Waals surface area contributed by atoms with E-state index in [1.807, 2.05) is 30.3 Å². The van der Waals surface area contributed by atoms with Crippen LogP contribution in [0.15, 0.2) is 41.5 Å². The Bertz CT molecular complexity index is 908. The number of hydrogen-bond donors (Lipinski definition) is 0. The smallest absolute Gasteiger partial charge is 0.331 e. The first-order chi connectivity index (χ1) is 13.7. The van der Waals surface area contributed by atoms with Gasteiger partial charge in [0.15, 0.2) is 5.82 Å². The van der Waals surface area contributed by atoms with Gasteiger partial charge in [-0.25, -0.2) is 9.48 Å². The monoisotopic (exact) mass is 383 g/mol. The molecule has 2 amide bonds. The Morgan fingerprint density at radius 1 is 1.21 bits per heavy atom. The molecule has 28 heavy (non-hydrogen) atoms. The van der Waals surface area contributed by atoms with E-state index >= 15 is 0 Å². The average molecular weight is 383 g/mol. The van der Waals surface area contributed by atoms with E-state index in [0.717, 1.165) is 17.7 Å². The molecule has 0 spiro atoms. The number of benzene rings is 1. The number of carbonyl (C=O) groups excluding carboxylic acids is 2. The van der Waals surface area contributed by atoms with Crippen LogP contribution in [0.2, 0.25) is 0 Å². The number of urea groups is 1. The fraction of sp³-hybridized carbons (Fsp3) is 0.368. The molecule has 0 N–H and O–H groups in total. The van der Waals surface area contributed by atoms with E-state index in [2.05, 4.69) is 10.1 Å². The molecule has 2 aromatic rings. The zero-order valence-electron chi connectivity index (χ0n) is 15.6. The van der Waals surface area contributed by atoms with Crippen LogP contribution in [-0.2, 0) is 14.3 Å². The lowest BCUT2D eigenvalue weighted by Crippen LogP contribution is -2.54. The Hall–Kier alpha value is -3.20. The van der Waals surface area contributed by atoms with Crippen LogP contribution in [0.4, 0.5) is 10.6 Å². The summed E-state index contributed by atoms with van der Waals surface area (Å²) in [5.41, 5.74) is 1.52. The zero-order valence-corrected chi connectivity index (χ0v) is 15.6. The molecule has 0 saturated heterocycles. The largest absolute Gasteiger partial charge is 0.462 e. The van der Waals surface area contributed by atoms with Crippen molar-refractivity contribution in [3.05, 3.63) is 42.1 Å². The van der Waals surface area contributed by atoms with Crippen LogP contribution in [0.1, 0.15) is 12.0 Å². The van der Waals surface area contributed by atoms with Gasteiger partial charge in [-0.2, -0.15) is 5.10 Å². The molecule has 146 valence electrons. The van der Waals surface area contributed by atoms with Crippen LogP contribution < -0.4 is 4.90 Å². The van der Waals surface area contributed by atoms with Crippen LogP contribution in [0.5, 0.6) is 0 Å². The van der Waals surface area contributed by atoms with E-state index in [1.165, 1.54) is 12.0 Å². The van der Waals surface area contributed by atoms with Crippen molar-refractivity contribution in [3.8, 4) is 5.69 Å². The number of methoxy groups -OCH3 is 1. The molecule has 0 aliphatic carbocycles. The summed E-state index contributed by atoms with van der Waals surface area (Å²) in [5.74, 6) is 0.629. The third kappa shape index (κ3) is 3.24. The molecule has 1 aromatic carbocycles. The predicted octanol–water partition coefficient (Wildman–Crippen LogP) is 1.45. The number of nitrogens with zero attached hydrogens (tertiary/aromatic N) is 5. The molecule has 3 heterocycles. The Balaban J connectivity index is 1.73. The number of esters is 1. The lowest BCUT2D eigenvalue weighted by molar-refractivity contribution is -0.143. The molecule has 0 fully saturated rings. The second kappa shape index (κ2) is 7.81. The Labute approximate surface area is 162 Å². The van der Waals surface area contributed by atoms with Gasteiger partial charge in [-0.3, -0.25) is 19.6 Å². The van der Waals surface area contributed by atoms with Gasteiger partial charge in [0, 0.05) is 20.2 Å². The van der Waals surface area contributed by atoms with E-state index in [1.54, 1.807) is 15.8 Å². The van der Waals surface area contributed by atoms with Crippen LogP contribution in [0.3, 0.4) is 0 Å². The van der Waals surface area contributed by atoms with Crippen molar-refractivity contribution >= 4 is 23.7 Å². The fourth-order valence-corrected chi connectivity index (χ4v) is 3.33. The van der Waals surface area contributed by atoms with Crippen LogP contribution in [-0.4, -0.2) is 72.5 Å². The summed E-state index contributed by atoms with van der Waals surface area (Å²) >= 11 is 0. The number of anilines is 1. The highest BCUT2D eigenvalue weighted by molar-refractivity contribution is 6.19. The number of aliphatic imine (C=N–C) groups is 1. The molecule has 9 heteroatoms. The van der Waals surface area contributed by atoms with Crippen molar-refractivity contribution in [3.63, 3.8) is 0 Å². The van der Waals surface area contributed by atoms with Gasteiger partial charge in [-0.1, -0.05) is 18.2 Å². The number of hydrogen-bond acceptors (Lipinski definition) is 6. The van der Waals surface area contributed by atoms with Crippen molar-refractivity contribution in [2.75, 3.05) is 44.9 Å². The van der Waals surface area contributed by atoms with E-state index in [-0.39, 0.29) is 19.2 Å². The maximum absolute atomic E-state index is 13.2. The van der Waals surface area contributed by atoms with Crippen LogP contribution in [0.25, 0.3) is 5.69 Å². The Kier molecular flexibility index (Phi) is 5.07. The molecular weight excluding hydrogens is 362 g/mol. The third-order valence-electron chi connectivity index (χ3n) is 4.60. The van der Waals surface area contributed by atoms with Crippen LogP contribution in [0, 0.1) is 0 Å². The van der Waals surface area contributed by atoms with E-state index < -0.39 is 5.97 Å². The minimum atomic E-state index is -0.505. The number of ether oxygens (including phenoxy) is 2. The first-order valence-corrected chi connectivity index (χ1v) is 9.12. The Morgan fingerprint density at radius 2 is 2.04 bits per heavy atom. The van der Waals surface area contributed by atoms with Gasteiger partial charge < -0.3 is 9.47 Å². The SMILES string of the molecule is COCCOC(=O)CN1C(=O)N2CCCN=C2c2cnn(-c3ccccc3)c21. The second-order valence-corrected chi connectivity index (χ2v) is 6.42. The first kappa shape index (κ1) is 18.2. The lowest BCUT2D eigenvalue weighted by atomic mass is 10.1. The molecule has 2 aliphatic heterocycles. The number of fused-ring (bicyclic) bond motifs is 3. The minimum Gasteiger partial charge on any atom is -0.462 e. The van der Waals surface area contributed by atoms with Crippen LogP contribution >= 0.6 is 0 Å². The van der Waals surface area contributed by atoms with Crippen molar-refractivity contribution in [2.24, 2.45) is 4.99 Å². The van der Waals surface area contributed by atoms with Crippen molar-refractivity contribution in [1.29, 1.82) is 0 Å². The topological polar surface area (TPSA) is 89.3 Å². The molecule has 0 atom stereocenters.